The summed E-state index contributed by atoms with van der Waals surface area (Å²) >= 11 is 0. The Morgan fingerprint density at radius 2 is 1.65 bits per heavy atom. The van der Waals surface area contributed by atoms with E-state index in [0.717, 1.165) is 22.8 Å². The van der Waals surface area contributed by atoms with Gasteiger partial charge < -0.3 is 13.7 Å². The molecule has 0 aliphatic carbocycles. The quantitative estimate of drug-likeness (QED) is 0.262. The van der Waals surface area contributed by atoms with Crippen LogP contribution in [0.5, 0.6) is 0 Å². The normalized spacial score (nSPS) is 11.3. The zero-order chi connectivity index (χ0) is 26.4. The molecule has 4 aromatic heterocycles. The molecule has 37 heavy (non-hydrogen) atoms. The highest BCUT2D eigenvalue weighted by molar-refractivity contribution is 6.00. The van der Waals surface area contributed by atoms with Crippen molar-refractivity contribution in [2.45, 2.75) is 27.7 Å². The molecule has 0 atom stereocenters. The van der Waals surface area contributed by atoms with Gasteiger partial charge in [0, 0.05) is 35.9 Å². The molecule has 0 aliphatic heterocycles. The number of aromatic nitrogens is 5. The van der Waals surface area contributed by atoms with E-state index in [1.165, 1.54) is 0 Å². The molecule has 5 rings (SSSR count). The summed E-state index contributed by atoms with van der Waals surface area (Å²) in [5, 5.41) is 0. The van der Waals surface area contributed by atoms with E-state index < -0.39 is 12.6 Å². The molecule has 0 bridgehead atoms. The first kappa shape index (κ1) is 24.1. The van der Waals surface area contributed by atoms with Gasteiger partial charge in [-0.05, 0) is 58.0 Å². The van der Waals surface area contributed by atoms with Crippen LogP contribution in [0.25, 0.3) is 17.0 Å². The van der Waals surface area contributed by atoms with Gasteiger partial charge in [-0.1, -0.05) is 24.3 Å². The smallest absolute Gasteiger partial charge is 0.359 e. The van der Waals surface area contributed by atoms with Crippen molar-refractivity contribution in [3.05, 3.63) is 105 Å². The highest BCUT2D eigenvalue weighted by atomic mass is 16.5. The number of carbonyl (C=O) groups excluding carboxylic acids is 2. The zero-order valence-electron chi connectivity index (χ0n) is 21.3. The second-order valence-corrected chi connectivity index (χ2v) is 9.05. The Balaban J connectivity index is 1.42. The van der Waals surface area contributed by atoms with Gasteiger partial charge in [0.2, 0.25) is 5.78 Å². The van der Waals surface area contributed by atoms with Gasteiger partial charge in [-0.3, -0.25) is 14.3 Å². The number of hydrogen-bond acceptors (Lipinski definition) is 5. The molecule has 1 aromatic carbocycles. The van der Waals surface area contributed by atoms with E-state index in [0.29, 0.717) is 22.6 Å². The zero-order valence-corrected chi connectivity index (χ0v) is 21.3. The lowest BCUT2D eigenvalue weighted by molar-refractivity contribution is 0.0469. The maximum absolute atomic E-state index is 13.5. The van der Waals surface area contributed by atoms with Crippen LogP contribution in [0, 0.1) is 27.7 Å². The second kappa shape index (κ2) is 9.09. The lowest BCUT2D eigenvalue weighted by Gasteiger charge is -2.08. The summed E-state index contributed by atoms with van der Waals surface area (Å²) in [5.74, 6) is -1.03. The van der Waals surface area contributed by atoms with E-state index in [9.17, 15) is 14.4 Å². The fourth-order valence-corrected chi connectivity index (χ4v) is 4.73. The van der Waals surface area contributed by atoms with Crippen LogP contribution < -0.4 is 5.56 Å². The van der Waals surface area contributed by atoms with Crippen molar-refractivity contribution < 1.29 is 14.3 Å². The predicted octanol–water partition coefficient (Wildman–Crippen LogP) is 3.89. The van der Waals surface area contributed by atoms with E-state index in [4.69, 9.17) is 4.74 Å². The van der Waals surface area contributed by atoms with Gasteiger partial charge in [0.25, 0.3) is 5.56 Å². The molecule has 0 unspecified atom stereocenters. The van der Waals surface area contributed by atoms with Crippen LogP contribution in [0.3, 0.4) is 0 Å². The standard InChI is InChI=1S/C28H27N5O4/c1-17-10-9-13-25-29-23(15-31(17)25)28(36)37-16-24(34)22-14-18(2)32(19(22)3)26-20(4)30(5)33(27(26)35)21-11-7-6-8-12-21/h6-15H,16H2,1-5H3. The van der Waals surface area contributed by atoms with Crippen molar-refractivity contribution >= 4 is 17.4 Å². The summed E-state index contributed by atoms with van der Waals surface area (Å²) in [6.45, 7) is 6.97. The van der Waals surface area contributed by atoms with Crippen molar-refractivity contribution in [2.75, 3.05) is 6.61 Å². The van der Waals surface area contributed by atoms with Gasteiger partial charge in [-0.2, -0.15) is 0 Å². The first-order valence-electron chi connectivity index (χ1n) is 11.9. The fourth-order valence-electron chi connectivity index (χ4n) is 4.73. The number of Topliss-reactive ketones (excluding diaryl/α,β-unsaturated/α-hetero) is 1. The van der Waals surface area contributed by atoms with Crippen LogP contribution in [-0.2, 0) is 11.8 Å². The Morgan fingerprint density at radius 3 is 2.35 bits per heavy atom. The fraction of sp³-hybridized carbons (Fsp3) is 0.214. The van der Waals surface area contributed by atoms with Crippen molar-refractivity contribution in [3.63, 3.8) is 0 Å². The molecule has 0 saturated carbocycles. The van der Waals surface area contributed by atoms with Crippen molar-refractivity contribution in [2.24, 2.45) is 7.05 Å². The summed E-state index contributed by atoms with van der Waals surface area (Å²) in [4.78, 5) is 43.5. The number of nitrogens with zero attached hydrogens (tertiary/aromatic N) is 5. The molecule has 0 aliphatic rings. The minimum atomic E-state index is -0.671. The maximum Gasteiger partial charge on any atom is 0.359 e. The molecular formula is C28H27N5O4. The van der Waals surface area contributed by atoms with Gasteiger partial charge in [0.15, 0.2) is 12.3 Å². The Bertz CT molecular complexity index is 1730. The number of carbonyl (C=O) groups is 2. The lowest BCUT2D eigenvalue weighted by Crippen LogP contribution is -2.22. The average Bonchev–Trinajstić information content (AvgIpc) is 3.51. The molecule has 5 aromatic rings. The van der Waals surface area contributed by atoms with Crippen LogP contribution in [0.2, 0.25) is 0 Å². The number of para-hydroxylation sites is 1. The topological polar surface area (TPSA) is 92.5 Å². The van der Waals surface area contributed by atoms with Crippen LogP contribution in [0.4, 0.5) is 0 Å². The number of aryl methyl sites for hydroxylation is 2. The van der Waals surface area contributed by atoms with Crippen LogP contribution >= 0.6 is 0 Å². The van der Waals surface area contributed by atoms with E-state index in [-0.39, 0.29) is 17.0 Å². The number of hydrogen-bond donors (Lipinski definition) is 0. The van der Waals surface area contributed by atoms with E-state index in [1.807, 2.05) is 70.3 Å². The second-order valence-electron chi connectivity index (χ2n) is 9.05. The SMILES string of the molecule is Cc1cc(C(=O)COC(=O)c2cn3c(C)cccc3n2)c(C)n1-c1c(C)n(C)n(-c2ccccc2)c1=O. The first-order valence-corrected chi connectivity index (χ1v) is 11.9. The molecule has 0 N–H and O–H groups in total. The van der Waals surface area contributed by atoms with Gasteiger partial charge in [0.05, 0.1) is 11.4 Å². The number of pyridine rings is 1. The molecule has 0 spiro atoms. The molecule has 9 nitrogen and oxygen atoms in total. The van der Waals surface area contributed by atoms with E-state index in [2.05, 4.69) is 4.98 Å². The molecular weight excluding hydrogens is 470 g/mol. The number of imidazole rings is 1. The summed E-state index contributed by atoms with van der Waals surface area (Å²) < 4.78 is 12.3. The number of ether oxygens (including phenoxy) is 1. The Hall–Kier alpha value is -4.66. The van der Waals surface area contributed by atoms with Crippen molar-refractivity contribution in [3.8, 4) is 11.4 Å². The molecule has 4 heterocycles. The molecule has 188 valence electrons. The van der Waals surface area contributed by atoms with Gasteiger partial charge in [0.1, 0.15) is 11.3 Å². The highest BCUT2D eigenvalue weighted by Crippen LogP contribution is 2.23. The number of esters is 1. The van der Waals surface area contributed by atoms with Crippen LogP contribution in [-0.4, -0.2) is 41.7 Å². The molecule has 9 heteroatoms. The maximum atomic E-state index is 13.5. The molecule has 0 radical (unpaired) electrons. The number of benzene rings is 1. The van der Waals surface area contributed by atoms with Crippen molar-refractivity contribution in [1.82, 2.24) is 23.3 Å². The minimum Gasteiger partial charge on any atom is -0.453 e. The van der Waals surface area contributed by atoms with Crippen LogP contribution in [0.1, 0.15) is 43.6 Å². The molecule has 0 saturated heterocycles. The third-order valence-corrected chi connectivity index (χ3v) is 6.72. The molecule has 0 amide bonds. The molecule has 0 fully saturated rings. The van der Waals surface area contributed by atoms with Gasteiger partial charge in [-0.25, -0.2) is 14.5 Å². The van der Waals surface area contributed by atoms with Gasteiger partial charge >= 0.3 is 5.97 Å². The average molecular weight is 498 g/mol. The summed E-state index contributed by atoms with van der Waals surface area (Å²) in [6.07, 6.45) is 1.60. The van der Waals surface area contributed by atoms with Gasteiger partial charge in [-0.15, -0.1) is 0 Å². The van der Waals surface area contributed by atoms with E-state index >= 15 is 0 Å². The third kappa shape index (κ3) is 3.98. The first-order chi connectivity index (χ1) is 17.7. The van der Waals surface area contributed by atoms with Crippen LogP contribution in [0.15, 0.2) is 65.6 Å². The number of ketones is 1. The highest BCUT2D eigenvalue weighted by Gasteiger charge is 2.24. The summed E-state index contributed by atoms with van der Waals surface area (Å²) in [6, 6.07) is 16.7. The number of fused-ring (bicyclic) bond motifs is 1. The largest absolute Gasteiger partial charge is 0.453 e. The lowest BCUT2D eigenvalue weighted by atomic mass is 10.1. The Morgan fingerprint density at radius 1 is 0.919 bits per heavy atom. The minimum absolute atomic E-state index is 0.133. The predicted molar refractivity (Wildman–Crippen MR) is 139 cm³/mol. The summed E-state index contributed by atoms with van der Waals surface area (Å²) in [5.41, 5.74) is 5.19. The van der Waals surface area contributed by atoms with Crippen molar-refractivity contribution in [1.29, 1.82) is 0 Å². The Kier molecular flexibility index (Phi) is 5.91. The Labute approximate surface area is 213 Å². The number of rotatable bonds is 6. The summed E-state index contributed by atoms with van der Waals surface area (Å²) in [7, 11) is 1.83. The monoisotopic (exact) mass is 497 g/mol. The van der Waals surface area contributed by atoms with E-state index in [1.54, 1.807) is 43.6 Å². The third-order valence-electron chi connectivity index (χ3n) is 6.72.